The summed E-state index contributed by atoms with van der Waals surface area (Å²) in [6.45, 7) is 0.420. The van der Waals surface area contributed by atoms with E-state index in [4.69, 9.17) is 19.4 Å². The predicted molar refractivity (Wildman–Crippen MR) is 211 cm³/mol. The normalized spacial score (nSPS) is 12.4. The van der Waals surface area contributed by atoms with E-state index >= 15 is 0 Å². The lowest BCUT2D eigenvalue weighted by molar-refractivity contribution is 0.134. The number of alkyl carbamates (subject to hydrolysis) is 2. The molecule has 10 nitrogen and oxygen atoms in total. The van der Waals surface area contributed by atoms with Gasteiger partial charge in [0.1, 0.15) is 24.9 Å². The lowest BCUT2D eigenvalue weighted by atomic mass is 10.0. The molecule has 0 aliphatic heterocycles. The minimum atomic E-state index is -0.467. The number of nitrogens with one attached hydrogen (secondary N) is 4. The number of hydrogen-bond acceptors (Lipinski definition) is 8. The first-order valence-electron chi connectivity index (χ1n) is 17.4. The van der Waals surface area contributed by atoms with Crippen LogP contribution in [0, 0.1) is 0 Å². The average molecular weight is 737 g/mol. The van der Waals surface area contributed by atoms with Gasteiger partial charge >= 0.3 is 12.2 Å². The molecule has 6 aromatic rings. The molecule has 0 bridgehead atoms. The second-order valence-electron chi connectivity index (χ2n) is 12.5. The van der Waals surface area contributed by atoms with Crippen molar-refractivity contribution >= 4 is 57.8 Å². The van der Waals surface area contributed by atoms with E-state index in [0.717, 1.165) is 70.4 Å². The molecule has 0 aliphatic carbocycles. The van der Waals surface area contributed by atoms with E-state index in [-0.39, 0.29) is 25.3 Å². The summed E-state index contributed by atoms with van der Waals surface area (Å²) in [5.41, 5.74) is 7.80. The summed E-state index contributed by atoms with van der Waals surface area (Å²) in [6, 6.07) is 31.2. The van der Waals surface area contributed by atoms with Crippen molar-refractivity contribution in [2.75, 3.05) is 24.0 Å². The van der Waals surface area contributed by atoms with Gasteiger partial charge in [0.05, 0.1) is 34.2 Å². The van der Waals surface area contributed by atoms with Crippen molar-refractivity contribution in [1.82, 2.24) is 30.6 Å². The molecule has 270 valence electrons. The van der Waals surface area contributed by atoms with Crippen LogP contribution in [0.1, 0.15) is 58.8 Å². The Morgan fingerprint density at radius 1 is 0.615 bits per heavy atom. The molecule has 0 radical (unpaired) electrons. The van der Waals surface area contributed by atoms with Crippen LogP contribution in [0.3, 0.4) is 0 Å². The number of carbonyl (C=O) groups is 2. The van der Waals surface area contributed by atoms with E-state index in [1.807, 2.05) is 85.3 Å². The maximum Gasteiger partial charge on any atom is 0.408 e. The number of aromatic amines is 2. The fraction of sp³-hybridized carbons (Fsp3) is 0.300. The number of H-pyrrole nitrogens is 2. The van der Waals surface area contributed by atoms with Crippen LogP contribution >= 0.6 is 23.5 Å². The van der Waals surface area contributed by atoms with E-state index in [9.17, 15) is 9.59 Å². The molecule has 0 spiro atoms. The van der Waals surface area contributed by atoms with Crippen LogP contribution in [0.2, 0.25) is 0 Å². The van der Waals surface area contributed by atoms with Crippen LogP contribution in [0.4, 0.5) is 9.59 Å². The first kappa shape index (κ1) is 36.8. The van der Waals surface area contributed by atoms with Crippen molar-refractivity contribution in [2.24, 2.45) is 0 Å². The fourth-order valence-electron chi connectivity index (χ4n) is 5.92. The molecule has 2 heterocycles. The van der Waals surface area contributed by atoms with Crippen LogP contribution in [-0.4, -0.2) is 56.1 Å². The summed E-state index contributed by atoms with van der Waals surface area (Å²) in [5, 5.41) is 6.02. The Bertz CT molecular complexity index is 1910. The molecular formula is C40H44N6O4S2. The first-order valence-corrected chi connectivity index (χ1v) is 20.2. The molecule has 4 aromatic carbocycles. The minimum Gasteiger partial charge on any atom is -0.445 e. The number of rotatable bonds is 17. The van der Waals surface area contributed by atoms with Crippen LogP contribution in [0.15, 0.2) is 97.1 Å². The SMILES string of the molecule is CSCC[C@H](NC(=O)OCc1ccccc1)c1nc2ccc(CCc3ccc4nc([C@H](CCSC)NC(=O)OCc5ccccc5)[nH]c4c3)cc2[nH]1. The number of ether oxygens (including phenoxy) is 2. The third-order valence-electron chi connectivity index (χ3n) is 8.72. The van der Waals surface area contributed by atoms with Gasteiger partial charge in [-0.25, -0.2) is 19.6 Å². The van der Waals surface area contributed by atoms with Crippen molar-refractivity contribution in [2.45, 2.75) is 51.0 Å². The highest BCUT2D eigenvalue weighted by atomic mass is 32.2. The largest absolute Gasteiger partial charge is 0.445 e. The summed E-state index contributed by atoms with van der Waals surface area (Å²) >= 11 is 3.45. The molecule has 52 heavy (non-hydrogen) atoms. The monoisotopic (exact) mass is 736 g/mol. The van der Waals surface area contributed by atoms with Crippen molar-refractivity contribution in [3.05, 3.63) is 131 Å². The minimum absolute atomic E-state index is 0.210. The van der Waals surface area contributed by atoms with Gasteiger partial charge in [0.15, 0.2) is 0 Å². The third-order valence-corrected chi connectivity index (χ3v) is 10.0. The van der Waals surface area contributed by atoms with Crippen molar-refractivity contribution < 1.29 is 19.1 Å². The lowest BCUT2D eigenvalue weighted by Crippen LogP contribution is -2.30. The zero-order chi connectivity index (χ0) is 36.1. The Labute approximate surface area is 312 Å². The number of carbonyl (C=O) groups excluding carboxylic acids is 2. The highest BCUT2D eigenvalue weighted by Gasteiger charge is 2.21. The molecular weight excluding hydrogens is 693 g/mol. The molecule has 0 unspecified atom stereocenters. The van der Waals surface area contributed by atoms with Gasteiger partial charge in [-0.05, 0) is 96.2 Å². The number of aryl methyl sites for hydroxylation is 2. The maximum absolute atomic E-state index is 12.7. The molecule has 0 fully saturated rings. The number of hydrogen-bond donors (Lipinski definition) is 4. The molecule has 4 N–H and O–H groups in total. The number of benzene rings is 4. The molecule has 0 aliphatic rings. The lowest BCUT2D eigenvalue weighted by Gasteiger charge is -2.16. The number of aromatic nitrogens is 4. The van der Waals surface area contributed by atoms with Gasteiger partial charge in [0, 0.05) is 0 Å². The van der Waals surface area contributed by atoms with E-state index in [1.165, 1.54) is 11.1 Å². The van der Waals surface area contributed by atoms with Crippen molar-refractivity contribution in [1.29, 1.82) is 0 Å². The van der Waals surface area contributed by atoms with Gasteiger partial charge in [-0.2, -0.15) is 23.5 Å². The molecule has 2 aromatic heterocycles. The standard InChI is InChI=1S/C40H44N6O4S2/c1-51-21-19-33(45-39(47)49-25-29-9-5-3-6-10-29)37-41-31-17-15-27(23-35(31)43-37)13-14-28-16-18-32-36(24-28)44-38(42-32)34(20-22-52-2)46-40(48)50-26-30-11-7-4-8-12-30/h3-12,15-18,23-24,33-34H,13-14,19-22,25-26H2,1-2H3,(H,41,43)(H,42,44)(H,45,47)(H,46,48)/t33-,34-/m0/s1. The summed E-state index contributed by atoms with van der Waals surface area (Å²) in [4.78, 5) is 42.0. The smallest absolute Gasteiger partial charge is 0.408 e. The summed E-state index contributed by atoms with van der Waals surface area (Å²) in [6.07, 6.45) is 6.27. The Morgan fingerprint density at radius 2 is 1.04 bits per heavy atom. The van der Waals surface area contributed by atoms with E-state index in [2.05, 4.69) is 44.9 Å². The Hall–Kier alpha value is -4.94. The van der Waals surface area contributed by atoms with Gasteiger partial charge < -0.3 is 30.1 Å². The first-order chi connectivity index (χ1) is 25.5. The Kier molecular flexibility index (Phi) is 13.1. The van der Waals surface area contributed by atoms with Crippen LogP contribution in [0.5, 0.6) is 0 Å². The van der Waals surface area contributed by atoms with E-state index in [1.54, 1.807) is 23.5 Å². The molecule has 12 heteroatoms. The zero-order valence-corrected chi connectivity index (χ0v) is 31.0. The van der Waals surface area contributed by atoms with Gasteiger partial charge in [-0.15, -0.1) is 0 Å². The number of fused-ring (bicyclic) bond motifs is 2. The second kappa shape index (κ2) is 18.5. The zero-order valence-electron chi connectivity index (χ0n) is 29.4. The average Bonchev–Trinajstić information content (AvgIpc) is 3.80. The number of imidazole rings is 2. The predicted octanol–water partition coefficient (Wildman–Crippen LogP) is 8.67. The van der Waals surface area contributed by atoms with Crippen LogP contribution < -0.4 is 10.6 Å². The number of nitrogens with zero attached hydrogens (tertiary/aromatic N) is 2. The molecule has 0 saturated heterocycles. The third kappa shape index (κ3) is 10.3. The van der Waals surface area contributed by atoms with Gasteiger partial charge in [0.2, 0.25) is 0 Å². The summed E-state index contributed by atoms with van der Waals surface area (Å²) in [5.74, 6) is 3.16. The quantitative estimate of drug-likeness (QED) is 0.0731. The van der Waals surface area contributed by atoms with E-state index in [0.29, 0.717) is 11.6 Å². The Balaban J connectivity index is 1.08. The Morgan fingerprint density at radius 3 is 1.44 bits per heavy atom. The van der Waals surface area contributed by atoms with Crippen molar-refractivity contribution in [3.63, 3.8) is 0 Å². The topological polar surface area (TPSA) is 134 Å². The molecule has 2 atom stereocenters. The van der Waals surface area contributed by atoms with Crippen LogP contribution in [0.25, 0.3) is 22.1 Å². The van der Waals surface area contributed by atoms with Gasteiger partial charge in [0.25, 0.3) is 0 Å². The molecule has 6 rings (SSSR count). The van der Waals surface area contributed by atoms with Gasteiger partial charge in [-0.3, -0.25) is 0 Å². The number of thioether (sulfide) groups is 2. The van der Waals surface area contributed by atoms with E-state index < -0.39 is 12.2 Å². The van der Waals surface area contributed by atoms with Crippen molar-refractivity contribution in [3.8, 4) is 0 Å². The van der Waals surface area contributed by atoms with Gasteiger partial charge in [-0.1, -0.05) is 72.8 Å². The van der Waals surface area contributed by atoms with Crippen LogP contribution in [-0.2, 0) is 35.5 Å². The molecule has 2 amide bonds. The second-order valence-corrected chi connectivity index (χ2v) is 14.5. The fourth-order valence-corrected chi connectivity index (χ4v) is 6.87. The number of amides is 2. The maximum atomic E-state index is 12.7. The highest BCUT2D eigenvalue weighted by molar-refractivity contribution is 7.98. The summed E-state index contributed by atoms with van der Waals surface area (Å²) < 4.78 is 11.0. The molecule has 0 saturated carbocycles. The highest BCUT2D eigenvalue weighted by Crippen LogP contribution is 2.24. The summed E-state index contributed by atoms with van der Waals surface area (Å²) in [7, 11) is 0.